The van der Waals surface area contributed by atoms with Crippen LogP contribution in [0.3, 0.4) is 0 Å². The van der Waals surface area contributed by atoms with Crippen molar-refractivity contribution < 1.29 is 14.6 Å². The lowest BCUT2D eigenvalue weighted by molar-refractivity contribution is -0.155. The van der Waals surface area contributed by atoms with E-state index >= 15 is 0 Å². The van der Waals surface area contributed by atoms with Gasteiger partial charge in [0.25, 0.3) is 0 Å². The van der Waals surface area contributed by atoms with Crippen molar-refractivity contribution in [3.05, 3.63) is 0 Å². The average Bonchev–Trinajstić information content (AvgIpc) is 2.44. The second-order valence-corrected chi connectivity index (χ2v) is 7.29. The Morgan fingerprint density at radius 2 is 1.95 bits per heavy atom. The predicted octanol–water partition coefficient (Wildman–Crippen LogP) is 0.859. The number of ether oxygens (including phenoxy) is 1. The van der Waals surface area contributed by atoms with E-state index in [1.165, 1.54) is 0 Å². The molecule has 2 saturated heterocycles. The summed E-state index contributed by atoms with van der Waals surface area (Å²) in [5.74, 6) is 0.311. The first-order valence-electron chi connectivity index (χ1n) is 8.26. The lowest BCUT2D eigenvalue weighted by Gasteiger charge is -2.48. The van der Waals surface area contributed by atoms with Crippen molar-refractivity contribution in [3.8, 4) is 0 Å². The summed E-state index contributed by atoms with van der Waals surface area (Å²) < 4.78 is 6.13. The normalized spacial score (nSPS) is 35.8. The average molecular weight is 296 g/mol. The first-order valence-corrected chi connectivity index (χ1v) is 8.26. The lowest BCUT2D eigenvalue weighted by Crippen LogP contribution is -2.55. The topological polar surface area (TPSA) is 53.0 Å². The maximum Gasteiger partial charge on any atom is 0.225 e. The number of rotatable bonds is 2. The van der Waals surface area contributed by atoms with E-state index in [-0.39, 0.29) is 23.5 Å². The largest absolute Gasteiger partial charge is 0.393 e. The minimum atomic E-state index is -0.252. The Hall–Kier alpha value is -0.650. The molecule has 1 spiro atoms. The van der Waals surface area contributed by atoms with E-state index < -0.39 is 0 Å². The molecule has 1 N–H and O–H groups in total. The molecular formula is C16H28N2O3. The molecule has 5 nitrogen and oxygen atoms in total. The molecule has 0 bridgehead atoms. The second kappa shape index (κ2) is 5.86. The number of carbonyl (C=O) groups excluding carboxylic acids is 1. The van der Waals surface area contributed by atoms with Crippen LogP contribution in [0.1, 0.15) is 38.5 Å². The Kier molecular flexibility index (Phi) is 4.26. The fourth-order valence-corrected chi connectivity index (χ4v) is 3.97. The van der Waals surface area contributed by atoms with Crippen LogP contribution in [-0.4, -0.2) is 72.4 Å². The number of aliphatic hydroxyl groups is 1. The highest BCUT2D eigenvalue weighted by Gasteiger charge is 2.43. The van der Waals surface area contributed by atoms with Gasteiger partial charge in [-0.3, -0.25) is 4.79 Å². The van der Waals surface area contributed by atoms with Crippen LogP contribution in [0.5, 0.6) is 0 Å². The van der Waals surface area contributed by atoms with Crippen molar-refractivity contribution in [1.82, 2.24) is 9.80 Å². The maximum absolute atomic E-state index is 12.3. The van der Waals surface area contributed by atoms with E-state index in [0.717, 1.165) is 45.4 Å². The molecular weight excluding hydrogens is 268 g/mol. The summed E-state index contributed by atoms with van der Waals surface area (Å²) in [5.41, 5.74) is -0.0108. The van der Waals surface area contributed by atoms with Crippen molar-refractivity contribution in [3.63, 3.8) is 0 Å². The number of nitrogens with zero attached hydrogens (tertiary/aromatic N) is 2. The van der Waals surface area contributed by atoms with Crippen molar-refractivity contribution in [2.24, 2.45) is 5.92 Å². The van der Waals surface area contributed by atoms with E-state index in [2.05, 4.69) is 19.0 Å². The Labute approximate surface area is 127 Å². The van der Waals surface area contributed by atoms with E-state index in [0.29, 0.717) is 18.9 Å². The van der Waals surface area contributed by atoms with Crippen LogP contribution in [0.15, 0.2) is 0 Å². The van der Waals surface area contributed by atoms with Gasteiger partial charge < -0.3 is 19.6 Å². The van der Waals surface area contributed by atoms with Gasteiger partial charge >= 0.3 is 0 Å². The zero-order chi connectivity index (χ0) is 15.0. The molecule has 1 aliphatic carbocycles. The van der Waals surface area contributed by atoms with E-state index in [4.69, 9.17) is 4.74 Å². The molecule has 1 amide bonds. The third kappa shape index (κ3) is 3.10. The monoisotopic (exact) mass is 296 g/mol. The third-order valence-corrected chi connectivity index (χ3v) is 5.65. The van der Waals surface area contributed by atoms with Crippen LogP contribution in [0.4, 0.5) is 0 Å². The number of likely N-dealkylation sites (tertiary alicyclic amines) is 1. The molecule has 0 aromatic carbocycles. The van der Waals surface area contributed by atoms with Crippen LogP contribution >= 0.6 is 0 Å². The van der Waals surface area contributed by atoms with Crippen LogP contribution in [0, 0.1) is 5.92 Å². The van der Waals surface area contributed by atoms with Gasteiger partial charge in [0.15, 0.2) is 0 Å². The number of hydrogen-bond donors (Lipinski definition) is 1. The molecule has 0 aromatic heterocycles. The number of aliphatic hydroxyl groups excluding tert-OH is 1. The predicted molar refractivity (Wildman–Crippen MR) is 79.9 cm³/mol. The summed E-state index contributed by atoms with van der Waals surface area (Å²) in [7, 11) is 4.29. The highest BCUT2D eigenvalue weighted by molar-refractivity contribution is 5.80. The van der Waals surface area contributed by atoms with Crippen molar-refractivity contribution in [1.29, 1.82) is 0 Å². The Morgan fingerprint density at radius 1 is 1.29 bits per heavy atom. The minimum absolute atomic E-state index is 0.0108. The van der Waals surface area contributed by atoms with E-state index in [1.807, 2.05) is 4.90 Å². The Morgan fingerprint density at radius 3 is 2.52 bits per heavy atom. The SMILES string of the molecule is CN(C)C1CCOC2(CCN(C(=O)C3CC(O)C3)CC2)C1. The van der Waals surface area contributed by atoms with Crippen LogP contribution in [0.25, 0.3) is 0 Å². The molecule has 1 atom stereocenters. The summed E-state index contributed by atoms with van der Waals surface area (Å²) in [6, 6.07) is 0.600. The third-order valence-electron chi connectivity index (χ3n) is 5.65. The quantitative estimate of drug-likeness (QED) is 0.821. The number of piperidine rings is 1. The second-order valence-electron chi connectivity index (χ2n) is 7.29. The molecule has 2 heterocycles. The standard InChI is InChI=1S/C16H28N2O3/c1-17(2)13-3-8-21-16(11-13)4-6-18(7-5-16)15(20)12-9-14(19)10-12/h12-14,19H,3-11H2,1-2H3. The molecule has 1 unspecified atom stereocenters. The highest BCUT2D eigenvalue weighted by Crippen LogP contribution is 2.37. The zero-order valence-electron chi connectivity index (χ0n) is 13.3. The molecule has 120 valence electrons. The van der Waals surface area contributed by atoms with E-state index in [9.17, 15) is 9.90 Å². The number of hydrogen-bond acceptors (Lipinski definition) is 4. The van der Waals surface area contributed by atoms with Gasteiger partial charge in [0.05, 0.1) is 11.7 Å². The first-order chi connectivity index (χ1) is 9.99. The summed E-state index contributed by atoms with van der Waals surface area (Å²) in [6.07, 6.45) is 5.16. The van der Waals surface area contributed by atoms with Crippen LogP contribution < -0.4 is 0 Å². The Balaban J connectivity index is 1.53. The molecule has 3 aliphatic rings. The van der Waals surface area contributed by atoms with Crippen molar-refractivity contribution >= 4 is 5.91 Å². The summed E-state index contributed by atoms with van der Waals surface area (Å²) in [5, 5.41) is 9.35. The fraction of sp³-hybridized carbons (Fsp3) is 0.938. The van der Waals surface area contributed by atoms with Gasteiger partial charge in [0.2, 0.25) is 5.91 Å². The van der Waals surface area contributed by atoms with Crippen LogP contribution in [0.2, 0.25) is 0 Å². The molecule has 3 rings (SSSR count). The molecule has 21 heavy (non-hydrogen) atoms. The molecule has 0 aromatic rings. The van der Waals surface area contributed by atoms with Gasteiger partial charge in [-0.05, 0) is 52.6 Å². The first kappa shape index (κ1) is 15.3. The van der Waals surface area contributed by atoms with Gasteiger partial charge in [0, 0.05) is 31.7 Å². The lowest BCUT2D eigenvalue weighted by atomic mass is 9.79. The minimum Gasteiger partial charge on any atom is -0.393 e. The van der Waals surface area contributed by atoms with Crippen LogP contribution in [-0.2, 0) is 9.53 Å². The smallest absolute Gasteiger partial charge is 0.225 e. The number of amides is 1. The Bertz CT molecular complexity index is 385. The summed E-state index contributed by atoms with van der Waals surface area (Å²) >= 11 is 0. The summed E-state index contributed by atoms with van der Waals surface area (Å²) in [4.78, 5) is 16.6. The zero-order valence-corrected chi connectivity index (χ0v) is 13.3. The molecule has 2 aliphatic heterocycles. The molecule has 3 fully saturated rings. The van der Waals surface area contributed by atoms with Gasteiger partial charge in [-0.2, -0.15) is 0 Å². The van der Waals surface area contributed by atoms with Crippen molar-refractivity contribution in [2.45, 2.75) is 56.3 Å². The fourth-order valence-electron chi connectivity index (χ4n) is 3.97. The number of carbonyl (C=O) groups is 1. The molecule has 5 heteroatoms. The van der Waals surface area contributed by atoms with Gasteiger partial charge in [-0.25, -0.2) is 0 Å². The van der Waals surface area contributed by atoms with Gasteiger partial charge in [-0.1, -0.05) is 0 Å². The van der Waals surface area contributed by atoms with Crippen molar-refractivity contribution in [2.75, 3.05) is 33.8 Å². The summed E-state index contributed by atoms with van der Waals surface area (Å²) in [6.45, 7) is 2.46. The molecule has 0 radical (unpaired) electrons. The molecule has 1 saturated carbocycles. The van der Waals surface area contributed by atoms with E-state index in [1.54, 1.807) is 0 Å². The van der Waals surface area contributed by atoms with Gasteiger partial charge in [-0.15, -0.1) is 0 Å². The highest BCUT2D eigenvalue weighted by atomic mass is 16.5. The maximum atomic E-state index is 12.3. The van der Waals surface area contributed by atoms with Gasteiger partial charge in [0.1, 0.15) is 0 Å².